The standard InChI is InChI=1S/C9H8N.Li/c1-3-10(2)9-7-5-4-6-8-9;/h4-8H,2H3;/q-1;+1. The van der Waals surface area contributed by atoms with Gasteiger partial charge in [-0.15, -0.1) is 0 Å². The summed E-state index contributed by atoms with van der Waals surface area (Å²) in [6.07, 6.45) is 6.82. The van der Waals surface area contributed by atoms with Crippen LogP contribution in [0.25, 0.3) is 0 Å². The second kappa shape index (κ2) is 4.91. The zero-order valence-electron chi connectivity index (χ0n) is 6.83. The molecule has 1 aromatic rings. The van der Waals surface area contributed by atoms with Crippen molar-refractivity contribution < 1.29 is 18.9 Å². The van der Waals surface area contributed by atoms with Gasteiger partial charge in [0.15, 0.2) is 0 Å². The molecule has 0 saturated carbocycles. The first-order valence-corrected chi connectivity index (χ1v) is 3.06. The first-order valence-electron chi connectivity index (χ1n) is 3.06. The third-order valence-electron chi connectivity index (χ3n) is 1.31. The first-order chi connectivity index (χ1) is 4.84. The van der Waals surface area contributed by atoms with Crippen LogP contribution in [0.2, 0.25) is 0 Å². The molecule has 0 heterocycles. The molecule has 0 fully saturated rings. The molecular formula is C9H8LiN. The Morgan fingerprint density at radius 2 is 1.82 bits per heavy atom. The van der Waals surface area contributed by atoms with E-state index in [-0.39, 0.29) is 18.9 Å². The minimum atomic E-state index is 0. The third kappa shape index (κ3) is 2.72. The number of anilines is 1. The Morgan fingerprint density at radius 3 is 2.27 bits per heavy atom. The van der Waals surface area contributed by atoms with E-state index in [0.29, 0.717) is 0 Å². The molecule has 0 aromatic heterocycles. The maximum Gasteiger partial charge on any atom is 1.00 e. The van der Waals surface area contributed by atoms with Crippen molar-refractivity contribution in [1.82, 2.24) is 0 Å². The molecule has 1 nitrogen and oxygen atoms in total. The van der Waals surface area contributed by atoms with Crippen molar-refractivity contribution in [1.29, 1.82) is 0 Å². The molecule has 1 rings (SSSR count). The van der Waals surface area contributed by atoms with Gasteiger partial charge in [0, 0.05) is 12.7 Å². The summed E-state index contributed by atoms with van der Waals surface area (Å²) in [5.74, 6) is 0. The van der Waals surface area contributed by atoms with Crippen molar-refractivity contribution in [3.63, 3.8) is 0 Å². The summed E-state index contributed by atoms with van der Waals surface area (Å²) in [7, 11) is 1.79. The van der Waals surface area contributed by atoms with Crippen molar-refractivity contribution in [2.75, 3.05) is 11.9 Å². The Hall–Kier alpha value is -0.823. The van der Waals surface area contributed by atoms with E-state index in [1.807, 2.05) is 30.3 Å². The number of rotatable bonds is 1. The fourth-order valence-corrected chi connectivity index (χ4v) is 0.716. The summed E-state index contributed by atoms with van der Waals surface area (Å²) in [6.45, 7) is 0. The van der Waals surface area contributed by atoms with Crippen LogP contribution < -0.4 is 23.8 Å². The van der Waals surface area contributed by atoms with E-state index in [1.54, 1.807) is 11.9 Å². The zero-order chi connectivity index (χ0) is 7.40. The van der Waals surface area contributed by atoms with Gasteiger partial charge in [0.25, 0.3) is 0 Å². The van der Waals surface area contributed by atoms with Crippen molar-refractivity contribution in [3.8, 4) is 6.04 Å². The minimum absolute atomic E-state index is 0. The Kier molecular flexibility index (Phi) is 4.54. The molecule has 0 aliphatic heterocycles. The Labute approximate surface area is 79.6 Å². The van der Waals surface area contributed by atoms with Crippen molar-refractivity contribution in [2.24, 2.45) is 0 Å². The molecule has 0 unspecified atom stereocenters. The van der Waals surface area contributed by atoms with E-state index in [0.717, 1.165) is 5.69 Å². The van der Waals surface area contributed by atoms with Gasteiger partial charge in [-0.1, -0.05) is 18.2 Å². The van der Waals surface area contributed by atoms with Crippen LogP contribution in [-0.4, -0.2) is 7.05 Å². The van der Waals surface area contributed by atoms with Crippen LogP contribution in [0.4, 0.5) is 5.69 Å². The van der Waals surface area contributed by atoms with Crippen molar-refractivity contribution in [2.45, 2.75) is 0 Å². The second-order valence-electron chi connectivity index (χ2n) is 2.01. The predicted octanol–water partition coefficient (Wildman–Crippen LogP) is -1.33. The monoisotopic (exact) mass is 137 g/mol. The molecule has 0 N–H and O–H groups in total. The smallest absolute Gasteiger partial charge is 0.669 e. The summed E-state index contributed by atoms with van der Waals surface area (Å²) in [6, 6.07) is 11.9. The molecule has 0 aliphatic carbocycles. The maximum absolute atomic E-state index is 6.82. The number of para-hydroxylation sites is 1. The van der Waals surface area contributed by atoms with Crippen LogP contribution in [0.15, 0.2) is 30.3 Å². The van der Waals surface area contributed by atoms with Gasteiger partial charge in [0.05, 0.1) is 0 Å². The van der Waals surface area contributed by atoms with E-state index < -0.39 is 0 Å². The van der Waals surface area contributed by atoms with Gasteiger partial charge in [-0.05, 0) is 12.1 Å². The third-order valence-corrected chi connectivity index (χ3v) is 1.31. The molecule has 0 aliphatic rings. The topological polar surface area (TPSA) is 3.24 Å². The van der Waals surface area contributed by atoms with E-state index >= 15 is 0 Å². The van der Waals surface area contributed by atoms with Crippen LogP contribution in [0.1, 0.15) is 0 Å². The second-order valence-corrected chi connectivity index (χ2v) is 2.01. The molecule has 1 aromatic carbocycles. The Bertz CT molecular complexity index is 237. The molecule has 0 amide bonds. The van der Waals surface area contributed by atoms with E-state index in [9.17, 15) is 0 Å². The van der Waals surface area contributed by atoms with Gasteiger partial charge in [0.2, 0.25) is 0 Å². The Balaban J connectivity index is 0.000001000. The molecule has 2 heteroatoms. The summed E-state index contributed by atoms with van der Waals surface area (Å²) >= 11 is 0. The van der Waals surface area contributed by atoms with Gasteiger partial charge in [-0.2, -0.15) is 0 Å². The van der Waals surface area contributed by atoms with Crippen LogP contribution >= 0.6 is 0 Å². The van der Waals surface area contributed by atoms with Crippen LogP contribution in [0.5, 0.6) is 0 Å². The molecule has 50 valence electrons. The molecule has 0 spiro atoms. The van der Waals surface area contributed by atoms with Gasteiger partial charge in [0.1, 0.15) is 0 Å². The van der Waals surface area contributed by atoms with Gasteiger partial charge in [-0.3, -0.25) is 0 Å². The molecule has 0 atom stereocenters. The SMILES string of the molecule is [C-]#CN(C)c1ccccc1.[Li+]. The first kappa shape index (κ1) is 10.2. The van der Waals surface area contributed by atoms with Gasteiger partial charge < -0.3 is 11.3 Å². The minimum Gasteiger partial charge on any atom is -0.669 e. The summed E-state index contributed by atoms with van der Waals surface area (Å²) in [5.41, 5.74) is 0.984. The van der Waals surface area contributed by atoms with Crippen LogP contribution in [0.3, 0.4) is 0 Å². The van der Waals surface area contributed by atoms with E-state index in [1.165, 1.54) is 0 Å². The van der Waals surface area contributed by atoms with Crippen LogP contribution in [0, 0.1) is 12.5 Å². The molecule has 0 bridgehead atoms. The predicted molar refractivity (Wildman–Crippen MR) is 42.0 cm³/mol. The van der Waals surface area contributed by atoms with E-state index in [4.69, 9.17) is 6.42 Å². The molecule has 0 saturated heterocycles. The molecule has 0 radical (unpaired) electrons. The number of nitrogens with zero attached hydrogens (tertiary/aromatic N) is 1. The average Bonchev–Trinajstić information content (AvgIpc) is 2.05. The number of hydrogen-bond donors (Lipinski definition) is 0. The maximum atomic E-state index is 6.82. The largest absolute Gasteiger partial charge is 1.00 e. The molecule has 11 heavy (non-hydrogen) atoms. The number of benzene rings is 1. The number of hydrogen-bond acceptors (Lipinski definition) is 1. The summed E-state index contributed by atoms with van der Waals surface area (Å²) in [4.78, 5) is 1.62. The van der Waals surface area contributed by atoms with E-state index in [2.05, 4.69) is 6.04 Å². The zero-order valence-corrected chi connectivity index (χ0v) is 6.83. The normalized spacial score (nSPS) is 7.64. The quantitative estimate of drug-likeness (QED) is 0.201. The van der Waals surface area contributed by atoms with Gasteiger partial charge in [-0.25, -0.2) is 6.04 Å². The van der Waals surface area contributed by atoms with Crippen LogP contribution in [-0.2, 0) is 0 Å². The summed E-state index contributed by atoms with van der Waals surface area (Å²) in [5, 5.41) is 0. The summed E-state index contributed by atoms with van der Waals surface area (Å²) < 4.78 is 0. The fraction of sp³-hybridized carbons (Fsp3) is 0.111. The molecular weight excluding hydrogens is 129 g/mol. The van der Waals surface area contributed by atoms with Gasteiger partial charge >= 0.3 is 18.9 Å². The van der Waals surface area contributed by atoms with Crippen molar-refractivity contribution in [3.05, 3.63) is 36.8 Å². The average molecular weight is 137 g/mol. The fourth-order valence-electron chi connectivity index (χ4n) is 0.716. The van der Waals surface area contributed by atoms with Crippen molar-refractivity contribution >= 4 is 5.69 Å². The Morgan fingerprint density at radius 1 is 1.27 bits per heavy atom.